The maximum atomic E-state index is 13.9. The van der Waals surface area contributed by atoms with Crippen LogP contribution in [0.3, 0.4) is 0 Å². The van der Waals surface area contributed by atoms with Crippen LogP contribution in [0.1, 0.15) is 75.8 Å². The maximum Gasteiger partial charge on any atom is 0.349 e. The zero-order valence-electron chi connectivity index (χ0n) is 28.9. The van der Waals surface area contributed by atoms with Crippen molar-refractivity contribution >= 4 is 29.3 Å². The summed E-state index contributed by atoms with van der Waals surface area (Å²) >= 11 is 0. The van der Waals surface area contributed by atoms with E-state index >= 15 is 0 Å². The third-order valence-corrected chi connectivity index (χ3v) is 9.46. The fraction of sp³-hybridized carbons (Fsp3) is 0.514. The summed E-state index contributed by atoms with van der Waals surface area (Å²) < 4.78 is 32.4. The maximum absolute atomic E-state index is 13.9. The SMILES string of the molecule is COC(=O)C(COCCNC1CC(OC2CC(O)(C(=O)CO)Cc3c(O)c4c(c(O)c32)C(=O)c2c(OC)cccc2C4=O)OC(C)C1O)OC(C)=O. The monoisotopic (exact) mass is 731 g/mol. The molecule has 1 heterocycles. The number of esters is 2. The summed E-state index contributed by atoms with van der Waals surface area (Å²) in [7, 11) is 2.44. The first-order valence-electron chi connectivity index (χ1n) is 16.5. The molecule has 7 unspecified atom stereocenters. The predicted octanol–water partition coefficient (Wildman–Crippen LogP) is -0.246. The van der Waals surface area contributed by atoms with E-state index in [0.717, 1.165) is 14.0 Å². The highest BCUT2D eigenvalue weighted by Crippen LogP contribution is 2.52. The van der Waals surface area contributed by atoms with E-state index in [0.29, 0.717) is 0 Å². The average Bonchev–Trinajstić information content (AvgIpc) is 3.11. The Balaban J connectivity index is 1.41. The minimum absolute atomic E-state index is 0.0178. The third-order valence-electron chi connectivity index (χ3n) is 9.46. The summed E-state index contributed by atoms with van der Waals surface area (Å²) in [5.74, 6) is -5.52. The number of nitrogens with one attached hydrogen (secondary N) is 1. The van der Waals surface area contributed by atoms with Crippen LogP contribution in [0.4, 0.5) is 0 Å². The van der Waals surface area contributed by atoms with Gasteiger partial charge >= 0.3 is 11.9 Å². The van der Waals surface area contributed by atoms with E-state index in [9.17, 15) is 49.5 Å². The quantitative estimate of drug-likeness (QED) is 0.0753. The Morgan fingerprint density at radius 2 is 1.79 bits per heavy atom. The van der Waals surface area contributed by atoms with E-state index in [2.05, 4.69) is 10.1 Å². The van der Waals surface area contributed by atoms with E-state index in [4.69, 9.17) is 23.7 Å². The van der Waals surface area contributed by atoms with Crippen LogP contribution in [0.2, 0.25) is 0 Å². The van der Waals surface area contributed by atoms with Crippen molar-refractivity contribution in [2.24, 2.45) is 0 Å². The molecule has 17 nitrogen and oxygen atoms in total. The van der Waals surface area contributed by atoms with Crippen molar-refractivity contribution in [2.75, 3.05) is 40.6 Å². The molecule has 7 atom stereocenters. The highest BCUT2D eigenvalue weighted by molar-refractivity contribution is 6.31. The van der Waals surface area contributed by atoms with Crippen molar-refractivity contribution in [1.29, 1.82) is 0 Å². The molecule has 282 valence electrons. The molecule has 2 aromatic carbocycles. The summed E-state index contributed by atoms with van der Waals surface area (Å²) in [6.07, 6.45) is -6.95. The number of benzene rings is 2. The van der Waals surface area contributed by atoms with Crippen molar-refractivity contribution in [2.45, 2.75) is 75.5 Å². The van der Waals surface area contributed by atoms with E-state index in [1.807, 2.05) is 0 Å². The molecule has 1 fully saturated rings. The van der Waals surface area contributed by atoms with Crippen LogP contribution >= 0.6 is 0 Å². The number of carbonyl (C=O) groups is 5. The van der Waals surface area contributed by atoms with Crippen molar-refractivity contribution < 1.29 is 77.9 Å². The number of phenols is 2. The van der Waals surface area contributed by atoms with Gasteiger partial charge < -0.3 is 59.3 Å². The number of phenolic OH excluding ortho intramolecular Hbond substituents is 2. The first kappa shape index (κ1) is 38.7. The zero-order valence-corrected chi connectivity index (χ0v) is 28.9. The predicted molar refractivity (Wildman–Crippen MR) is 174 cm³/mol. The lowest BCUT2D eigenvalue weighted by molar-refractivity contribution is -0.250. The largest absolute Gasteiger partial charge is 0.507 e. The van der Waals surface area contributed by atoms with Crippen molar-refractivity contribution in [3.63, 3.8) is 0 Å². The molecule has 52 heavy (non-hydrogen) atoms. The molecule has 0 saturated carbocycles. The number of carbonyl (C=O) groups excluding carboxylic acids is 5. The molecule has 1 aliphatic heterocycles. The van der Waals surface area contributed by atoms with Gasteiger partial charge in [0.1, 0.15) is 29.5 Å². The number of ketones is 3. The van der Waals surface area contributed by atoms with Crippen LogP contribution < -0.4 is 10.1 Å². The Bertz CT molecular complexity index is 1760. The highest BCUT2D eigenvalue weighted by atomic mass is 16.7. The van der Waals surface area contributed by atoms with Crippen LogP contribution in [0.15, 0.2) is 18.2 Å². The molecule has 2 aromatic rings. The Hall–Kier alpha value is -4.49. The molecular weight excluding hydrogens is 690 g/mol. The fourth-order valence-electron chi connectivity index (χ4n) is 6.91. The number of Topliss-reactive ketones (excluding diaryl/α,β-unsaturated/α-hetero) is 1. The summed E-state index contributed by atoms with van der Waals surface area (Å²) in [5, 5.41) is 58.4. The molecule has 6 N–H and O–H groups in total. The van der Waals surface area contributed by atoms with Crippen LogP contribution in [-0.2, 0) is 44.5 Å². The second-order valence-electron chi connectivity index (χ2n) is 12.8. The number of rotatable bonds is 13. The van der Waals surface area contributed by atoms with Gasteiger partial charge in [0.05, 0.1) is 62.4 Å². The summed E-state index contributed by atoms with van der Waals surface area (Å²) in [6.45, 7) is 1.52. The Kier molecular flexibility index (Phi) is 11.6. The van der Waals surface area contributed by atoms with Gasteiger partial charge in [-0.3, -0.25) is 19.2 Å². The van der Waals surface area contributed by atoms with Gasteiger partial charge in [-0.1, -0.05) is 12.1 Å². The van der Waals surface area contributed by atoms with Crippen LogP contribution in [0, 0.1) is 0 Å². The lowest BCUT2D eigenvalue weighted by Gasteiger charge is -2.43. The van der Waals surface area contributed by atoms with Gasteiger partial charge in [0.15, 0.2) is 17.9 Å². The first-order chi connectivity index (χ1) is 24.7. The van der Waals surface area contributed by atoms with Gasteiger partial charge in [-0.25, -0.2) is 4.79 Å². The van der Waals surface area contributed by atoms with Gasteiger partial charge in [-0.15, -0.1) is 0 Å². The molecule has 17 heteroatoms. The lowest BCUT2D eigenvalue weighted by Crippen LogP contribution is -2.55. The molecule has 5 rings (SSSR count). The zero-order chi connectivity index (χ0) is 38.1. The molecule has 0 bridgehead atoms. The van der Waals surface area contributed by atoms with Crippen molar-refractivity contribution in [1.82, 2.24) is 5.32 Å². The number of fused-ring (bicyclic) bond motifs is 3. The first-order valence-corrected chi connectivity index (χ1v) is 16.5. The molecule has 0 spiro atoms. The number of aromatic hydroxyl groups is 2. The van der Waals surface area contributed by atoms with E-state index in [1.165, 1.54) is 25.3 Å². The average molecular weight is 732 g/mol. The molecular formula is C35H41NO16. The molecule has 3 aliphatic rings. The second kappa shape index (κ2) is 15.6. The van der Waals surface area contributed by atoms with Crippen LogP contribution in [-0.4, -0.2) is 132 Å². The number of methoxy groups -OCH3 is 2. The van der Waals surface area contributed by atoms with E-state index in [1.54, 1.807) is 6.92 Å². The molecule has 0 aromatic heterocycles. The second-order valence-corrected chi connectivity index (χ2v) is 12.8. The number of hydrogen-bond donors (Lipinski definition) is 6. The third kappa shape index (κ3) is 7.25. The topological polar surface area (TPSA) is 254 Å². The minimum Gasteiger partial charge on any atom is -0.507 e. The lowest BCUT2D eigenvalue weighted by atomic mass is 9.72. The van der Waals surface area contributed by atoms with Gasteiger partial charge in [0, 0.05) is 55.5 Å². The number of hydrogen-bond acceptors (Lipinski definition) is 17. The van der Waals surface area contributed by atoms with Gasteiger partial charge in [0.25, 0.3) is 0 Å². The number of ether oxygens (including phenoxy) is 6. The molecule has 1 saturated heterocycles. The summed E-state index contributed by atoms with van der Waals surface area (Å²) in [6, 6.07) is 3.63. The smallest absolute Gasteiger partial charge is 0.349 e. The van der Waals surface area contributed by atoms with Gasteiger partial charge in [-0.05, 0) is 13.0 Å². The van der Waals surface area contributed by atoms with E-state index in [-0.39, 0.29) is 54.2 Å². The number of aliphatic hydroxyl groups is 3. The summed E-state index contributed by atoms with van der Waals surface area (Å²) in [5.41, 5.74) is -3.97. The van der Waals surface area contributed by atoms with E-state index < -0.39 is 114 Å². The molecule has 0 radical (unpaired) electrons. The Morgan fingerprint density at radius 1 is 1.08 bits per heavy atom. The molecule has 2 aliphatic carbocycles. The Morgan fingerprint density at radius 3 is 2.44 bits per heavy atom. The normalized spacial score (nSPS) is 25.7. The van der Waals surface area contributed by atoms with Crippen LogP contribution in [0.5, 0.6) is 17.2 Å². The number of aliphatic hydroxyl groups excluding tert-OH is 2. The van der Waals surface area contributed by atoms with Gasteiger partial charge in [-0.2, -0.15) is 0 Å². The summed E-state index contributed by atoms with van der Waals surface area (Å²) in [4.78, 5) is 63.6. The van der Waals surface area contributed by atoms with Crippen LogP contribution in [0.25, 0.3) is 0 Å². The highest BCUT2D eigenvalue weighted by Gasteiger charge is 2.50. The standard InChI is InChI=1S/C35H41NO16/c1-15-29(40)19(36-8-9-49-14-22(34(45)48-4)51-16(2)38)10-24(50-15)52-21-12-35(46,23(39)13-37)11-18-26(21)33(44)28-27(31(18)42)30(41)17-6-5-7-20(47-3)25(17)32(28)43/h5-7,15,19,21-22,24,29,36-37,40,42,44,46H,8-14H2,1-4H3. The van der Waals surface area contributed by atoms with Gasteiger partial charge in [0.2, 0.25) is 11.9 Å². The molecule has 0 amide bonds. The fourth-order valence-corrected chi connectivity index (χ4v) is 6.91. The Labute approximate surface area is 297 Å². The van der Waals surface area contributed by atoms with Crippen molar-refractivity contribution in [3.8, 4) is 17.2 Å². The van der Waals surface area contributed by atoms with Crippen molar-refractivity contribution in [3.05, 3.63) is 51.6 Å². The minimum atomic E-state index is -2.32.